The first kappa shape index (κ1) is 15.1. The Labute approximate surface area is 165 Å². The predicted molar refractivity (Wildman–Crippen MR) is 119 cm³/mol. The number of nitrogens with zero attached hydrogens (tertiary/aromatic N) is 3. The Bertz CT molecular complexity index is 1640. The van der Waals surface area contributed by atoms with Gasteiger partial charge in [0.1, 0.15) is 0 Å². The third-order valence-electron chi connectivity index (χ3n) is 6.19. The van der Waals surface area contributed by atoms with Crippen LogP contribution >= 0.6 is 0 Å². The highest BCUT2D eigenvalue weighted by atomic mass is 16.1. The molecule has 4 nitrogen and oxygen atoms in total. The number of hydrogen-bond acceptors (Lipinski definition) is 1. The lowest BCUT2D eigenvalue weighted by Crippen LogP contribution is -2.00. The van der Waals surface area contributed by atoms with Crippen LogP contribution in [0.25, 0.3) is 49.8 Å². The Balaban J connectivity index is 1.94. The van der Waals surface area contributed by atoms with Gasteiger partial charge in [-0.1, -0.05) is 48.6 Å². The van der Waals surface area contributed by atoms with Gasteiger partial charge in [-0.3, -0.25) is 4.79 Å². The minimum atomic E-state index is -0.149. The second kappa shape index (κ2) is 5.11. The molecule has 5 aromatic rings. The van der Waals surface area contributed by atoms with Gasteiger partial charge in [-0.2, -0.15) is 0 Å². The molecule has 0 saturated carbocycles. The van der Waals surface area contributed by atoms with Gasteiger partial charge in [-0.25, -0.2) is 4.99 Å². The van der Waals surface area contributed by atoms with Gasteiger partial charge < -0.3 is 9.13 Å². The van der Waals surface area contributed by atoms with Gasteiger partial charge in [0.05, 0.1) is 22.1 Å². The fraction of sp³-hybridized carbons (Fsp3) is 0.0400. The molecular weight excluding hydrogens is 358 g/mol. The average molecular weight is 373 g/mol. The highest BCUT2D eigenvalue weighted by Crippen LogP contribution is 2.44. The molecule has 136 valence electrons. The SMILES string of the molecule is O=C1N=Cc2c1c1c3ccccc3n3c1c1c2c2ccccc2n1CC=CC=C3. The minimum absolute atomic E-state index is 0.149. The highest BCUT2D eigenvalue weighted by molar-refractivity contribution is 6.36. The van der Waals surface area contributed by atoms with Crippen LogP contribution in [0.3, 0.4) is 0 Å². The Morgan fingerprint density at radius 3 is 2.45 bits per heavy atom. The molecule has 4 heterocycles. The van der Waals surface area contributed by atoms with Crippen LogP contribution in [0.1, 0.15) is 15.9 Å². The van der Waals surface area contributed by atoms with Crippen molar-refractivity contribution in [3.05, 3.63) is 77.9 Å². The molecule has 0 unspecified atom stereocenters. The molecule has 4 heteroatoms. The summed E-state index contributed by atoms with van der Waals surface area (Å²) in [6, 6.07) is 16.8. The van der Waals surface area contributed by atoms with Crippen LogP contribution in [0.15, 0.2) is 71.8 Å². The molecule has 0 bridgehead atoms. The summed E-state index contributed by atoms with van der Waals surface area (Å²) in [5.74, 6) is -0.149. The monoisotopic (exact) mass is 373 g/mol. The van der Waals surface area contributed by atoms with Crippen LogP contribution in [-0.4, -0.2) is 21.3 Å². The van der Waals surface area contributed by atoms with Crippen LogP contribution < -0.4 is 0 Å². The number of amides is 1. The molecule has 29 heavy (non-hydrogen) atoms. The second-order valence-corrected chi connectivity index (χ2v) is 7.58. The van der Waals surface area contributed by atoms with E-state index in [0.29, 0.717) is 0 Å². The third kappa shape index (κ3) is 1.70. The maximum atomic E-state index is 12.9. The molecule has 0 radical (unpaired) electrons. The molecule has 2 aliphatic rings. The molecule has 2 aromatic heterocycles. The zero-order valence-corrected chi connectivity index (χ0v) is 15.5. The lowest BCUT2D eigenvalue weighted by Gasteiger charge is -2.09. The lowest BCUT2D eigenvalue weighted by atomic mass is 9.97. The Morgan fingerprint density at radius 1 is 0.828 bits per heavy atom. The molecule has 7 rings (SSSR count). The van der Waals surface area contributed by atoms with E-state index in [2.05, 4.69) is 75.0 Å². The van der Waals surface area contributed by atoms with E-state index in [1.54, 1.807) is 6.21 Å². The number of hydrogen-bond donors (Lipinski definition) is 0. The zero-order chi connectivity index (χ0) is 19.1. The van der Waals surface area contributed by atoms with Crippen molar-refractivity contribution in [2.75, 3.05) is 0 Å². The molecule has 2 aliphatic heterocycles. The summed E-state index contributed by atoms with van der Waals surface area (Å²) in [6.45, 7) is 0.773. The summed E-state index contributed by atoms with van der Waals surface area (Å²) in [5.41, 5.74) is 6.19. The zero-order valence-electron chi connectivity index (χ0n) is 15.5. The molecule has 0 saturated heterocycles. The van der Waals surface area contributed by atoms with Crippen molar-refractivity contribution in [2.24, 2.45) is 4.99 Å². The van der Waals surface area contributed by atoms with Gasteiger partial charge in [-0.05, 0) is 18.2 Å². The van der Waals surface area contributed by atoms with Gasteiger partial charge in [0.15, 0.2) is 0 Å². The summed E-state index contributed by atoms with van der Waals surface area (Å²) < 4.78 is 4.59. The lowest BCUT2D eigenvalue weighted by molar-refractivity contribution is 0.101. The third-order valence-corrected chi connectivity index (χ3v) is 6.19. The molecule has 0 aliphatic carbocycles. The second-order valence-electron chi connectivity index (χ2n) is 7.58. The van der Waals surface area contributed by atoms with E-state index in [1.807, 2.05) is 12.1 Å². The topological polar surface area (TPSA) is 39.3 Å². The van der Waals surface area contributed by atoms with Crippen LogP contribution in [0.5, 0.6) is 0 Å². The van der Waals surface area contributed by atoms with Crippen molar-refractivity contribution < 1.29 is 4.79 Å². The quantitative estimate of drug-likeness (QED) is 0.352. The number of benzene rings is 3. The number of para-hydroxylation sites is 2. The summed E-state index contributed by atoms with van der Waals surface area (Å²) in [6.07, 6.45) is 10.2. The van der Waals surface area contributed by atoms with Gasteiger partial charge in [-0.15, -0.1) is 0 Å². The van der Waals surface area contributed by atoms with Crippen molar-refractivity contribution in [1.82, 2.24) is 9.13 Å². The molecule has 0 atom stereocenters. The van der Waals surface area contributed by atoms with Crippen LogP contribution in [0, 0.1) is 0 Å². The van der Waals surface area contributed by atoms with Crippen LogP contribution in [0.4, 0.5) is 0 Å². The average Bonchev–Trinajstić information content (AvgIpc) is 3.40. The van der Waals surface area contributed by atoms with Gasteiger partial charge in [0, 0.05) is 51.6 Å². The van der Waals surface area contributed by atoms with Crippen LogP contribution in [0.2, 0.25) is 0 Å². The first-order chi connectivity index (χ1) is 14.3. The predicted octanol–water partition coefficient (Wildman–Crippen LogP) is 5.52. The Kier molecular flexibility index (Phi) is 2.66. The summed E-state index contributed by atoms with van der Waals surface area (Å²) in [5, 5.41) is 4.37. The van der Waals surface area contributed by atoms with Crippen molar-refractivity contribution >= 4 is 61.9 Å². The molecule has 0 spiro atoms. The number of carbonyl (C=O) groups is 1. The van der Waals surface area contributed by atoms with Crippen molar-refractivity contribution in [2.45, 2.75) is 6.54 Å². The van der Waals surface area contributed by atoms with Gasteiger partial charge in [0.2, 0.25) is 0 Å². The van der Waals surface area contributed by atoms with E-state index in [9.17, 15) is 4.79 Å². The Morgan fingerprint density at radius 2 is 1.59 bits per heavy atom. The number of carbonyl (C=O) groups excluding carboxylic acids is 1. The number of aromatic nitrogens is 2. The van der Waals surface area contributed by atoms with Crippen LogP contribution in [-0.2, 0) is 6.54 Å². The van der Waals surface area contributed by atoms with E-state index in [4.69, 9.17) is 0 Å². The largest absolute Gasteiger partial charge is 0.335 e. The number of rotatable bonds is 0. The summed E-state index contributed by atoms with van der Waals surface area (Å²) in [4.78, 5) is 17.1. The minimum Gasteiger partial charge on any atom is -0.335 e. The van der Waals surface area contributed by atoms with E-state index in [1.165, 1.54) is 5.52 Å². The fourth-order valence-electron chi connectivity index (χ4n) is 5.10. The smallest absolute Gasteiger partial charge is 0.278 e. The first-order valence-corrected chi connectivity index (χ1v) is 9.76. The molecule has 1 amide bonds. The standard InChI is InChI=1S/C25H15N3O/c29-25-22-17(14-26-25)20-15-8-2-4-10-18(15)27-12-6-1-7-13-28-19-11-5-3-9-16(19)21(22)24(28)23(20)27/h1-11,13-14H,12H2. The number of allylic oxidation sites excluding steroid dienone is 3. The fourth-order valence-corrected chi connectivity index (χ4v) is 5.10. The number of aliphatic imine (C=N–C) groups is 1. The van der Waals surface area contributed by atoms with Gasteiger partial charge >= 0.3 is 0 Å². The van der Waals surface area contributed by atoms with E-state index in [0.717, 1.165) is 55.8 Å². The normalized spacial score (nSPS) is 15.1. The number of fused-ring (bicyclic) bond motifs is 9. The molecule has 3 aromatic carbocycles. The summed E-state index contributed by atoms with van der Waals surface area (Å²) >= 11 is 0. The maximum absolute atomic E-state index is 12.9. The van der Waals surface area contributed by atoms with E-state index < -0.39 is 0 Å². The highest BCUT2D eigenvalue weighted by Gasteiger charge is 2.30. The van der Waals surface area contributed by atoms with E-state index >= 15 is 0 Å². The summed E-state index contributed by atoms with van der Waals surface area (Å²) in [7, 11) is 0. The van der Waals surface area contributed by atoms with Crippen molar-refractivity contribution in [3.8, 4) is 0 Å². The molecular formula is C25H15N3O. The van der Waals surface area contributed by atoms with Crippen molar-refractivity contribution in [1.29, 1.82) is 0 Å². The molecule has 0 N–H and O–H groups in total. The maximum Gasteiger partial charge on any atom is 0.278 e. The first-order valence-electron chi connectivity index (χ1n) is 9.76. The van der Waals surface area contributed by atoms with E-state index in [-0.39, 0.29) is 5.91 Å². The Hall–Kier alpha value is -3.92. The van der Waals surface area contributed by atoms with Crippen molar-refractivity contribution in [3.63, 3.8) is 0 Å². The van der Waals surface area contributed by atoms with Gasteiger partial charge in [0.25, 0.3) is 5.91 Å². The molecule has 0 fully saturated rings.